The largest absolute Gasteiger partial charge is 0.493 e. The van der Waals surface area contributed by atoms with E-state index >= 15 is 0 Å². The predicted molar refractivity (Wildman–Crippen MR) is 141 cm³/mol. The number of fused-ring (bicyclic) bond motifs is 1. The van der Waals surface area contributed by atoms with E-state index in [-0.39, 0.29) is 18.2 Å². The van der Waals surface area contributed by atoms with Crippen LogP contribution in [0.4, 0.5) is 0 Å². The van der Waals surface area contributed by atoms with Crippen molar-refractivity contribution in [2.75, 3.05) is 13.7 Å². The number of aliphatic hydroxyl groups is 1. The van der Waals surface area contributed by atoms with Crippen LogP contribution < -0.4 is 14.8 Å². The maximum absolute atomic E-state index is 11.0. The maximum Gasteiger partial charge on any atom is 0.161 e. The summed E-state index contributed by atoms with van der Waals surface area (Å²) in [6.45, 7) is 5.05. The third-order valence-electron chi connectivity index (χ3n) is 9.26. The molecule has 7 atom stereocenters. The van der Waals surface area contributed by atoms with Gasteiger partial charge in [-0.25, -0.2) is 5.32 Å². The van der Waals surface area contributed by atoms with Crippen LogP contribution in [0, 0.1) is 17.3 Å². The van der Waals surface area contributed by atoms with Crippen molar-refractivity contribution in [2.45, 2.75) is 89.8 Å². The quantitative estimate of drug-likeness (QED) is 0.486. The number of nitrogens with zero attached hydrogens (tertiary/aromatic N) is 1. The third kappa shape index (κ3) is 5.16. The van der Waals surface area contributed by atoms with E-state index in [1.165, 1.54) is 32.1 Å². The Morgan fingerprint density at radius 1 is 1.00 bits per heavy atom. The average molecular weight is 493 g/mol. The SMILES string of the molecule is COc1ccc(C2C[N]C(OCc3ccccc3)C2(C)[C@@H](C)O)cc1OC1CCC2CCCCC2C1. The van der Waals surface area contributed by atoms with E-state index in [1.807, 2.05) is 31.2 Å². The highest BCUT2D eigenvalue weighted by Gasteiger charge is 2.52. The molecule has 0 aromatic heterocycles. The van der Waals surface area contributed by atoms with E-state index in [1.54, 1.807) is 7.11 Å². The van der Waals surface area contributed by atoms with Crippen LogP contribution in [0.2, 0.25) is 0 Å². The van der Waals surface area contributed by atoms with Crippen molar-refractivity contribution >= 4 is 0 Å². The molecule has 6 unspecified atom stereocenters. The summed E-state index contributed by atoms with van der Waals surface area (Å²) >= 11 is 0. The molecular weight excluding hydrogens is 450 g/mol. The summed E-state index contributed by atoms with van der Waals surface area (Å²) in [7, 11) is 1.71. The fraction of sp³-hybridized carbons (Fsp3) is 0.613. The van der Waals surface area contributed by atoms with Crippen molar-refractivity contribution in [3.05, 3.63) is 59.7 Å². The lowest BCUT2D eigenvalue weighted by Gasteiger charge is -2.39. The zero-order valence-corrected chi connectivity index (χ0v) is 22.1. The highest BCUT2D eigenvalue weighted by atomic mass is 16.5. The summed E-state index contributed by atoms with van der Waals surface area (Å²) in [6, 6.07) is 16.4. The van der Waals surface area contributed by atoms with E-state index in [9.17, 15) is 5.11 Å². The van der Waals surface area contributed by atoms with Gasteiger partial charge in [0.05, 0.1) is 25.9 Å². The number of aliphatic hydroxyl groups excluding tert-OH is 1. The van der Waals surface area contributed by atoms with E-state index in [0.29, 0.717) is 13.2 Å². The lowest BCUT2D eigenvalue weighted by Crippen LogP contribution is -2.44. The van der Waals surface area contributed by atoms with Crippen LogP contribution in [-0.2, 0) is 11.3 Å². The molecule has 36 heavy (non-hydrogen) atoms. The summed E-state index contributed by atoms with van der Waals surface area (Å²) in [5, 5.41) is 15.8. The smallest absolute Gasteiger partial charge is 0.161 e. The topological polar surface area (TPSA) is 62.0 Å². The van der Waals surface area contributed by atoms with Crippen molar-refractivity contribution in [3.63, 3.8) is 0 Å². The first-order valence-corrected chi connectivity index (χ1v) is 13.8. The van der Waals surface area contributed by atoms with E-state index in [4.69, 9.17) is 19.5 Å². The Kier molecular flexibility index (Phi) is 7.90. The molecule has 1 radical (unpaired) electrons. The molecule has 1 aliphatic heterocycles. The summed E-state index contributed by atoms with van der Waals surface area (Å²) in [5.41, 5.74) is 1.69. The van der Waals surface area contributed by atoms with Gasteiger partial charge in [-0.3, -0.25) is 0 Å². The Labute approximate surface area is 216 Å². The fourth-order valence-corrected chi connectivity index (χ4v) is 6.83. The summed E-state index contributed by atoms with van der Waals surface area (Å²) in [5.74, 6) is 3.32. The van der Waals surface area contributed by atoms with Gasteiger partial charge in [0.15, 0.2) is 11.5 Å². The second-order valence-electron chi connectivity index (χ2n) is 11.4. The van der Waals surface area contributed by atoms with E-state index < -0.39 is 11.5 Å². The van der Waals surface area contributed by atoms with Gasteiger partial charge in [-0.05, 0) is 61.3 Å². The molecular formula is C31H42NO4. The zero-order chi connectivity index (χ0) is 25.1. The summed E-state index contributed by atoms with van der Waals surface area (Å²) in [6.07, 6.45) is 8.33. The van der Waals surface area contributed by atoms with E-state index in [0.717, 1.165) is 47.3 Å². The lowest BCUT2D eigenvalue weighted by molar-refractivity contribution is -0.0930. The van der Waals surface area contributed by atoms with E-state index in [2.05, 4.69) is 31.2 Å². The normalized spacial score (nSPS) is 33.1. The Bertz CT molecular complexity index is 995. The van der Waals surface area contributed by atoms with Gasteiger partial charge in [0.2, 0.25) is 0 Å². The third-order valence-corrected chi connectivity index (χ3v) is 9.26. The first-order valence-electron chi connectivity index (χ1n) is 13.8. The molecule has 5 nitrogen and oxygen atoms in total. The summed E-state index contributed by atoms with van der Waals surface area (Å²) in [4.78, 5) is 0. The lowest BCUT2D eigenvalue weighted by atomic mass is 9.70. The number of ether oxygens (including phenoxy) is 3. The number of hydrogen-bond donors (Lipinski definition) is 1. The van der Waals surface area contributed by atoms with Crippen molar-refractivity contribution in [1.82, 2.24) is 5.32 Å². The van der Waals surface area contributed by atoms with Crippen LogP contribution in [0.3, 0.4) is 0 Å². The second-order valence-corrected chi connectivity index (χ2v) is 11.4. The molecule has 0 spiro atoms. The predicted octanol–water partition coefficient (Wildman–Crippen LogP) is 6.06. The molecule has 5 heteroatoms. The molecule has 2 aliphatic carbocycles. The van der Waals surface area contributed by atoms with Crippen LogP contribution in [0.15, 0.2) is 48.5 Å². The van der Waals surface area contributed by atoms with Gasteiger partial charge in [-0.2, -0.15) is 0 Å². The zero-order valence-electron chi connectivity index (χ0n) is 22.1. The molecule has 2 saturated carbocycles. The van der Waals surface area contributed by atoms with Gasteiger partial charge < -0.3 is 19.3 Å². The van der Waals surface area contributed by atoms with Crippen LogP contribution in [0.5, 0.6) is 11.5 Å². The number of benzene rings is 2. The Morgan fingerprint density at radius 3 is 2.53 bits per heavy atom. The van der Waals surface area contributed by atoms with Crippen LogP contribution in [0.1, 0.15) is 75.8 Å². The second kappa shape index (κ2) is 11.1. The van der Waals surface area contributed by atoms with Crippen molar-refractivity contribution in [2.24, 2.45) is 17.3 Å². The molecule has 195 valence electrons. The average Bonchev–Trinajstić information content (AvgIpc) is 3.25. The standard InChI is InChI=1S/C31H42NO4/c1-21(33)31(2)27(19-32-30(31)35-20-22-9-5-4-6-10-22)25-14-16-28(34-3)29(18-25)36-26-15-13-23-11-7-8-12-24(23)17-26/h4-6,9-10,14,16,18,21,23-24,26-27,30,33H,7-8,11-13,15,17,19-20H2,1-3H3/t21-,23?,24?,26?,27?,30?,31?/m1/s1. The monoisotopic (exact) mass is 492 g/mol. The van der Waals surface area contributed by atoms with Crippen molar-refractivity contribution in [3.8, 4) is 11.5 Å². The first-order chi connectivity index (χ1) is 17.5. The molecule has 0 amide bonds. The molecule has 3 aliphatic rings. The Balaban J connectivity index is 1.33. The molecule has 3 fully saturated rings. The highest BCUT2D eigenvalue weighted by Crippen LogP contribution is 2.49. The molecule has 0 bridgehead atoms. The van der Waals surface area contributed by atoms with Gasteiger partial charge in [0.1, 0.15) is 6.23 Å². The van der Waals surface area contributed by atoms with Gasteiger partial charge in [-0.1, -0.05) is 69.0 Å². The van der Waals surface area contributed by atoms with Crippen molar-refractivity contribution < 1.29 is 19.3 Å². The Morgan fingerprint density at radius 2 is 1.78 bits per heavy atom. The van der Waals surface area contributed by atoms with Gasteiger partial charge >= 0.3 is 0 Å². The minimum absolute atomic E-state index is 0.0283. The minimum Gasteiger partial charge on any atom is -0.493 e. The molecule has 2 aromatic rings. The van der Waals surface area contributed by atoms with Crippen molar-refractivity contribution in [1.29, 1.82) is 0 Å². The van der Waals surface area contributed by atoms with Crippen LogP contribution in [0.25, 0.3) is 0 Å². The maximum atomic E-state index is 11.0. The highest BCUT2D eigenvalue weighted by molar-refractivity contribution is 5.45. The molecule has 5 rings (SSSR count). The van der Waals surface area contributed by atoms with Crippen LogP contribution >= 0.6 is 0 Å². The van der Waals surface area contributed by atoms with Gasteiger partial charge in [0, 0.05) is 17.9 Å². The van der Waals surface area contributed by atoms with Gasteiger partial charge in [0.25, 0.3) is 0 Å². The minimum atomic E-state index is -0.581. The first kappa shape index (κ1) is 25.6. The number of methoxy groups -OCH3 is 1. The molecule has 1 N–H and O–H groups in total. The Hall–Kier alpha value is -2.08. The van der Waals surface area contributed by atoms with Gasteiger partial charge in [-0.15, -0.1) is 0 Å². The molecule has 1 saturated heterocycles. The fourth-order valence-electron chi connectivity index (χ4n) is 6.83. The molecule has 2 aromatic carbocycles. The molecule has 1 heterocycles. The number of hydrogen-bond acceptors (Lipinski definition) is 4. The van der Waals surface area contributed by atoms with Crippen LogP contribution in [-0.4, -0.2) is 37.2 Å². The number of rotatable bonds is 8. The summed E-state index contributed by atoms with van der Waals surface area (Å²) < 4.78 is 18.6.